The molecule has 0 amide bonds. The van der Waals surface area contributed by atoms with E-state index in [1.807, 2.05) is 0 Å². The molecular formula is C15H13F9O2. The van der Waals surface area contributed by atoms with Crippen LogP contribution in [-0.4, -0.2) is 39.9 Å². The lowest BCUT2D eigenvalue weighted by Crippen LogP contribution is -2.55. The summed E-state index contributed by atoms with van der Waals surface area (Å²) in [7, 11) is 0. The second-order valence-corrected chi connectivity index (χ2v) is 5.75. The Kier molecular flexibility index (Phi) is 5.80. The summed E-state index contributed by atoms with van der Waals surface area (Å²) in [5.41, 5.74) is -10.7. The lowest BCUT2D eigenvalue weighted by Gasteiger charge is -2.32. The molecule has 0 saturated heterocycles. The molecule has 1 atom stereocenters. The van der Waals surface area contributed by atoms with Gasteiger partial charge in [-0.1, -0.05) is 30.3 Å². The van der Waals surface area contributed by atoms with Crippen LogP contribution in [0.15, 0.2) is 36.4 Å². The normalized spacial score (nSPS) is 17.2. The molecule has 0 saturated carbocycles. The van der Waals surface area contributed by atoms with E-state index >= 15 is 0 Å². The van der Waals surface area contributed by atoms with Crippen molar-refractivity contribution in [3.05, 3.63) is 42.0 Å². The Morgan fingerprint density at radius 2 is 1.23 bits per heavy atom. The molecule has 0 radical (unpaired) electrons. The summed E-state index contributed by atoms with van der Waals surface area (Å²) in [5.74, 6) is 0. The van der Waals surface area contributed by atoms with Crippen LogP contribution >= 0.6 is 0 Å². The van der Waals surface area contributed by atoms with E-state index in [1.54, 1.807) is 0 Å². The van der Waals surface area contributed by atoms with E-state index in [0.29, 0.717) is 0 Å². The van der Waals surface area contributed by atoms with Crippen LogP contribution in [0.3, 0.4) is 0 Å². The molecule has 1 aromatic carbocycles. The maximum absolute atomic E-state index is 12.8. The number of rotatable bonds is 4. The molecule has 1 rings (SSSR count). The first-order valence-electron chi connectivity index (χ1n) is 6.84. The van der Waals surface area contributed by atoms with Crippen LogP contribution in [0.4, 0.5) is 39.5 Å². The summed E-state index contributed by atoms with van der Waals surface area (Å²) in [6, 6.07) is 5.54. The summed E-state index contributed by atoms with van der Waals surface area (Å²) in [4.78, 5) is 0. The molecule has 0 fully saturated rings. The van der Waals surface area contributed by atoms with Crippen molar-refractivity contribution >= 4 is 5.57 Å². The molecule has 0 spiro atoms. The number of hydrogen-bond acceptors (Lipinski definition) is 2. The molecule has 26 heavy (non-hydrogen) atoms. The Hall–Kier alpha value is -1.75. The van der Waals surface area contributed by atoms with E-state index < -0.39 is 53.4 Å². The van der Waals surface area contributed by atoms with Crippen LogP contribution < -0.4 is 0 Å². The van der Waals surface area contributed by atoms with Crippen LogP contribution in [0.1, 0.15) is 18.9 Å². The average Bonchev–Trinajstić information content (AvgIpc) is 2.43. The fourth-order valence-corrected chi connectivity index (χ4v) is 1.94. The average molecular weight is 396 g/mol. The molecule has 0 aromatic heterocycles. The third-order valence-corrected chi connectivity index (χ3v) is 3.54. The molecule has 0 bridgehead atoms. The van der Waals surface area contributed by atoms with Gasteiger partial charge in [0.15, 0.2) is 5.60 Å². The molecule has 2 N–H and O–H groups in total. The largest absolute Gasteiger partial charge is 0.430 e. The fraction of sp³-hybridized carbons (Fsp3) is 0.467. The van der Waals surface area contributed by atoms with Gasteiger partial charge in [-0.25, -0.2) is 0 Å². The number of benzene rings is 1. The topological polar surface area (TPSA) is 40.5 Å². The highest BCUT2D eigenvalue weighted by Crippen LogP contribution is 2.47. The van der Waals surface area contributed by atoms with Gasteiger partial charge in [-0.3, -0.25) is 0 Å². The zero-order valence-corrected chi connectivity index (χ0v) is 13.0. The van der Waals surface area contributed by atoms with Crippen LogP contribution in [-0.2, 0) is 0 Å². The predicted molar refractivity (Wildman–Crippen MR) is 72.8 cm³/mol. The maximum atomic E-state index is 12.8. The lowest BCUT2D eigenvalue weighted by molar-refractivity contribution is -0.347. The zero-order chi connectivity index (χ0) is 20.6. The Morgan fingerprint density at radius 1 is 0.808 bits per heavy atom. The van der Waals surface area contributed by atoms with Crippen molar-refractivity contribution < 1.29 is 49.7 Å². The summed E-state index contributed by atoms with van der Waals surface area (Å²) in [5, 5.41) is 18.7. The molecule has 2 nitrogen and oxygen atoms in total. The number of alkyl halides is 9. The van der Waals surface area contributed by atoms with Gasteiger partial charge >= 0.3 is 18.5 Å². The first kappa shape index (κ1) is 22.3. The third-order valence-electron chi connectivity index (χ3n) is 3.54. The van der Waals surface area contributed by atoms with Crippen molar-refractivity contribution in [3.8, 4) is 0 Å². The molecule has 1 aromatic rings. The molecule has 148 valence electrons. The van der Waals surface area contributed by atoms with Gasteiger partial charge in [0.1, 0.15) is 0 Å². The highest BCUT2D eigenvalue weighted by atomic mass is 19.4. The Morgan fingerprint density at radius 3 is 1.58 bits per heavy atom. The molecule has 11 heteroatoms. The molecule has 1 unspecified atom stereocenters. The quantitative estimate of drug-likeness (QED) is 0.729. The minimum absolute atomic E-state index is 0.198. The SMILES string of the molecule is CC(O)(C/C(=C\C(O)(C(F)(F)F)C(F)(F)F)c1ccccc1)C(F)(F)F. The van der Waals surface area contributed by atoms with Gasteiger partial charge in [-0.2, -0.15) is 39.5 Å². The highest BCUT2D eigenvalue weighted by molar-refractivity contribution is 5.68. The molecule has 0 heterocycles. The van der Waals surface area contributed by atoms with E-state index in [0.717, 1.165) is 24.3 Å². The Labute approximate surface area is 141 Å². The Bertz CT molecular complexity index is 626. The predicted octanol–water partition coefficient (Wildman–Crippen LogP) is 4.63. The van der Waals surface area contributed by atoms with E-state index in [9.17, 15) is 49.7 Å². The van der Waals surface area contributed by atoms with E-state index in [2.05, 4.69) is 0 Å². The second-order valence-electron chi connectivity index (χ2n) is 5.75. The van der Waals surface area contributed by atoms with E-state index in [-0.39, 0.29) is 6.92 Å². The van der Waals surface area contributed by atoms with Gasteiger partial charge in [0.2, 0.25) is 0 Å². The summed E-state index contributed by atoms with van der Waals surface area (Å²) < 4.78 is 116. The lowest BCUT2D eigenvalue weighted by atomic mass is 9.87. The Balaban J connectivity index is 3.62. The standard InChI is InChI=1S/C15H13F9O2/c1-11(25,13(16,17)18)7-10(9-5-3-2-4-6-9)8-12(26,14(19,20)21)15(22,23)24/h2-6,8,25-26H,7H2,1H3/b10-8+. The van der Waals surface area contributed by atoms with Crippen LogP contribution in [0.2, 0.25) is 0 Å². The number of hydrogen-bond donors (Lipinski definition) is 2. The van der Waals surface area contributed by atoms with Crippen molar-refractivity contribution in [2.45, 2.75) is 43.1 Å². The van der Waals surface area contributed by atoms with Gasteiger partial charge in [-0.15, -0.1) is 0 Å². The van der Waals surface area contributed by atoms with Crippen molar-refractivity contribution in [1.29, 1.82) is 0 Å². The minimum atomic E-state index is -6.25. The summed E-state index contributed by atoms with van der Waals surface area (Å²) in [6.07, 6.45) is -20.2. The van der Waals surface area contributed by atoms with Gasteiger partial charge in [0.25, 0.3) is 5.60 Å². The minimum Gasteiger partial charge on any atom is -0.380 e. The van der Waals surface area contributed by atoms with E-state index in [4.69, 9.17) is 0 Å². The van der Waals surface area contributed by atoms with Crippen molar-refractivity contribution in [2.75, 3.05) is 0 Å². The number of aliphatic hydroxyl groups is 2. The number of halogens is 9. The van der Waals surface area contributed by atoms with Crippen LogP contribution in [0.25, 0.3) is 5.57 Å². The fourth-order valence-electron chi connectivity index (χ4n) is 1.94. The third kappa shape index (κ3) is 4.50. The smallest absolute Gasteiger partial charge is 0.380 e. The van der Waals surface area contributed by atoms with Gasteiger partial charge in [-0.05, 0) is 24.1 Å². The zero-order valence-electron chi connectivity index (χ0n) is 13.0. The first-order chi connectivity index (χ1) is 11.4. The van der Waals surface area contributed by atoms with Gasteiger partial charge in [0.05, 0.1) is 0 Å². The van der Waals surface area contributed by atoms with Crippen molar-refractivity contribution in [1.82, 2.24) is 0 Å². The monoisotopic (exact) mass is 396 g/mol. The summed E-state index contributed by atoms with van der Waals surface area (Å²) in [6.45, 7) is 0.198. The molecule has 0 aliphatic rings. The van der Waals surface area contributed by atoms with Crippen molar-refractivity contribution in [3.63, 3.8) is 0 Å². The van der Waals surface area contributed by atoms with Crippen LogP contribution in [0.5, 0.6) is 0 Å². The molecular weight excluding hydrogens is 383 g/mol. The van der Waals surface area contributed by atoms with Gasteiger partial charge in [0, 0.05) is 6.42 Å². The van der Waals surface area contributed by atoms with Gasteiger partial charge < -0.3 is 10.2 Å². The summed E-state index contributed by atoms with van der Waals surface area (Å²) >= 11 is 0. The van der Waals surface area contributed by atoms with E-state index in [1.165, 1.54) is 6.07 Å². The van der Waals surface area contributed by atoms with Crippen LogP contribution in [0, 0.1) is 0 Å². The molecule has 0 aliphatic carbocycles. The molecule has 0 aliphatic heterocycles. The highest BCUT2D eigenvalue weighted by Gasteiger charge is 2.69. The maximum Gasteiger partial charge on any atom is 0.430 e. The second kappa shape index (κ2) is 6.76. The first-order valence-corrected chi connectivity index (χ1v) is 6.84. The van der Waals surface area contributed by atoms with Crippen molar-refractivity contribution in [2.24, 2.45) is 0 Å².